The first-order valence-electron chi connectivity index (χ1n) is 8.70. The number of carbonyl (C=O) groups excluding carboxylic acids is 1. The van der Waals surface area contributed by atoms with E-state index in [4.69, 9.17) is 4.74 Å². The van der Waals surface area contributed by atoms with Gasteiger partial charge < -0.3 is 10.1 Å². The van der Waals surface area contributed by atoms with E-state index in [1.165, 1.54) is 6.42 Å². The van der Waals surface area contributed by atoms with Gasteiger partial charge in [-0.1, -0.05) is 42.5 Å². The van der Waals surface area contributed by atoms with Crippen molar-refractivity contribution in [1.29, 1.82) is 0 Å². The van der Waals surface area contributed by atoms with Gasteiger partial charge in [-0.3, -0.25) is 4.79 Å². The summed E-state index contributed by atoms with van der Waals surface area (Å²) in [6.07, 6.45) is 2.34. The van der Waals surface area contributed by atoms with Crippen LogP contribution in [0.15, 0.2) is 48.5 Å². The monoisotopic (exact) mass is 321 g/mol. The molecule has 1 aliphatic heterocycles. The van der Waals surface area contributed by atoms with Crippen LogP contribution >= 0.6 is 0 Å². The maximum absolute atomic E-state index is 12.6. The molecule has 24 heavy (non-hydrogen) atoms. The fourth-order valence-corrected chi connectivity index (χ4v) is 3.81. The number of benzene rings is 2. The van der Waals surface area contributed by atoms with Gasteiger partial charge in [0.25, 0.3) is 5.91 Å². The second-order valence-electron chi connectivity index (χ2n) is 7.17. The van der Waals surface area contributed by atoms with Gasteiger partial charge in [-0.2, -0.15) is 0 Å². The van der Waals surface area contributed by atoms with E-state index in [0.717, 1.165) is 48.4 Å². The van der Waals surface area contributed by atoms with E-state index in [9.17, 15) is 4.79 Å². The molecule has 4 rings (SSSR count). The Bertz CT molecular complexity index is 748. The molecule has 2 unspecified atom stereocenters. The predicted octanol–water partition coefficient (Wildman–Crippen LogP) is 3.82. The first-order chi connectivity index (χ1) is 11.7. The highest BCUT2D eigenvalue weighted by atomic mass is 16.5. The lowest BCUT2D eigenvalue weighted by atomic mass is 9.99. The normalized spacial score (nSPS) is 25.0. The Morgan fingerprint density at radius 1 is 1.21 bits per heavy atom. The van der Waals surface area contributed by atoms with Crippen molar-refractivity contribution in [3.05, 3.63) is 59.7 Å². The van der Waals surface area contributed by atoms with Crippen LogP contribution in [0, 0.1) is 18.3 Å². The van der Waals surface area contributed by atoms with Crippen LogP contribution in [0.5, 0.6) is 0 Å². The van der Waals surface area contributed by atoms with Crippen molar-refractivity contribution in [3.8, 4) is 11.1 Å². The van der Waals surface area contributed by atoms with E-state index >= 15 is 0 Å². The molecule has 3 nitrogen and oxygen atoms in total. The molecule has 124 valence electrons. The van der Waals surface area contributed by atoms with Crippen molar-refractivity contribution < 1.29 is 9.53 Å². The van der Waals surface area contributed by atoms with E-state index in [2.05, 4.69) is 23.5 Å². The van der Waals surface area contributed by atoms with Gasteiger partial charge in [0.2, 0.25) is 0 Å². The SMILES string of the molecule is Cc1ccc(-c2ccccc2)cc1C(=O)NCC1CC12CCOC2. The molecular weight excluding hydrogens is 298 g/mol. The van der Waals surface area contributed by atoms with E-state index in [-0.39, 0.29) is 5.91 Å². The van der Waals surface area contributed by atoms with E-state index in [0.29, 0.717) is 11.3 Å². The Hall–Kier alpha value is -2.13. The predicted molar refractivity (Wildman–Crippen MR) is 94.9 cm³/mol. The zero-order valence-electron chi connectivity index (χ0n) is 14.0. The third-order valence-corrected chi connectivity index (χ3v) is 5.59. The number of carbonyl (C=O) groups is 1. The van der Waals surface area contributed by atoms with Gasteiger partial charge in [0.05, 0.1) is 6.61 Å². The highest BCUT2D eigenvalue weighted by molar-refractivity contribution is 5.97. The van der Waals surface area contributed by atoms with Crippen LogP contribution in [0.2, 0.25) is 0 Å². The van der Waals surface area contributed by atoms with Crippen molar-refractivity contribution in [2.45, 2.75) is 19.8 Å². The molecule has 2 aromatic carbocycles. The molecule has 2 atom stereocenters. The Balaban J connectivity index is 1.46. The highest BCUT2D eigenvalue weighted by Crippen LogP contribution is 2.57. The van der Waals surface area contributed by atoms with Crippen LogP contribution in [0.4, 0.5) is 0 Å². The first-order valence-corrected chi connectivity index (χ1v) is 8.70. The first kappa shape index (κ1) is 15.4. The van der Waals surface area contributed by atoms with Gasteiger partial charge in [-0.15, -0.1) is 0 Å². The number of aryl methyl sites for hydroxylation is 1. The summed E-state index contributed by atoms with van der Waals surface area (Å²) in [5.74, 6) is 0.618. The summed E-state index contributed by atoms with van der Waals surface area (Å²) in [7, 11) is 0. The molecule has 1 aliphatic carbocycles. The summed E-state index contributed by atoms with van der Waals surface area (Å²) in [5.41, 5.74) is 4.37. The summed E-state index contributed by atoms with van der Waals surface area (Å²) in [5, 5.41) is 3.14. The van der Waals surface area contributed by atoms with Gasteiger partial charge in [0, 0.05) is 24.1 Å². The standard InChI is InChI=1S/C21H23NO2/c1-15-7-8-17(16-5-3-2-4-6-16)11-19(15)20(23)22-13-18-12-21(18)9-10-24-14-21/h2-8,11,18H,9-10,12-14H2,1H3,(H,22,23). The lowest BCUT2D eigenvalue weighted by molar-refractivity contribution is 0.0948. The molecule has 3 heteroatoms. The van der Waals surface area contributed by atoms with E-state index in [1.807, 2.05) is 37.3 Å². The smallest absolute Gasteiger partial charge is 0.251 e. The maximum atomic E-state index is 12.6. The summed E-state index contributed by atoms with van der Waals surface area (Å²) >= 11 is 0. The minimum Gasteiger partial charge on any atom is -0.381 e. The Labute approximate surface area is 143 Å². The average Bonchev–Trinajstić information content (AvgIpc) is 3.06. The Morgan fingerprint density at radius 3 is 2.79 bits per heavy atom. The van der Waals surface area contributed by atoms with Gasteiger partial charge in [-0.25, -0.2) is 0 Å². The minimum absolute atomic E-state index is 0.0336. The molecule has 1 N–H and O–H groups in total. The van der Waals surface area contributed by atoms with Crippen molar-refractivity contribution in [3.63, 3.8) is 0 Å². The average molecular weight is 321 g/mol. The fraction of sp³-hybridized carbons (Fsp3) is 0.381. The molecule has 1 heterocycles. The molecule has 2 fully saturated rings. The number of ether oxygens (including phenoxy) is 1. The molecule has 1 spiro atoms. The molecule has 1 amide bonds. The summed E-state index contributed by atoms with van der Waals surface area (Å²) in [6, 6.07) is 16.3. The molecule has 0 radical (unpaired) electrons. The van der Waals surface area contributed by atoms with E-state index in [1.54, 1.807) is 0 Å². The topological polar surface area (TPSA) is 38.3 Å². The number of hydrogen-bond donors (Lipinski definition) is 1. The van der Waals surface area contributed by atoms with Gasteiger partial charge in [-0.05, 0) is 48.4 Å². The molecule has 1 saturated carbocycles. The number of rotatable bonds is 4. The molecule has 1 saturated heterocycles. The molecule has 2 aliphatic rings. The van der Waals surface area contributed by atoms with Crippen molar-refractivity contribution in [2.24, 2.45) is 11.3 Å². The summed E-state index contributed by atoms with van der Waals surface area (Å²) in [6.45, 7) is 4.50. The highest BCUT2D eigenvalue weighted by Gasteiger charge is 2.55. The lowest BCUT2D eigenvalue weighted by Crippen LogP contribution is -2.28. The van der Waals surface area contributed by atoms with Crippen LogP contribution in [0.25, 0.3) is 11.1 Å². The maximum Gasteiger partial charge on any atom is 0.251 e. The van der Waals surface area contributed by atoms with Gasteiger partial charge in [0.1, 0.15) is 0 Å². The van der Waals surface area contributed by atoms with Gasteiger partial charge >= 0.3 is 0 Å². The summed E-state index contributed by atoms with van der Waals surface area (Å²) in [4.78, 5) is 12.6. The third-order valence-electron chi connectivity index (χ3n) is 5.59. The molecule has 2 aromatic rings. The summed E-state index contributed by atoms with van der Waals surface area (Å²) < 4.78 is 5.52. The molecule has 0 bridgehead atoms. The van der Waals surface area contributed by atoms with Crippen molar-refractivity contribution >= 4 is 5.91 Å². The number of hydrogen-bond acceptors (Lipinski definition) is 2. The second kappa shape index (κ2) is 6.06. The minimum atomic E-state index is 0.0336. The lowest BCUT2D eigenvalue weighted by Gasteiger charge is -2.11. The zero-order chi connectivity index (χ0) is 16.6. The van der Waals surface area contributed by atoms with Crippen molar-refractivity contribution in [2.75, 3.05) is 19.8 Å². The zero-order valence-corrected chi connectivity index (χ0v) is 14.0. The Morgan fingerprint density at radius 2 is 2.04 bits per heavy atom. The fourth-order valence-electron chi connectivity index (χ4n) is 3.81. The third kappa shape index (κ3) is 2.84. The number of nitrogens with one attached hydrogen (secondary N) is 1. The molecule has 0 aromatic heterocycles. The van der Waals surface area contributed by atoms with Crippen LogP contribution in [0.1, 0.15) is 28.8 Å². The van der Waals surface area contributed by atoms with Crippen LogP contribution in [-0.4, -0.2) is 25.7 Å². The van der Waals surface area contributed by atoms with Crippen molar-refractivity contribution in [1.82, 2.24) is 5.32 Å². The van der Waals surface area contributed by atoms with Crippen LogP contribution in [0.3, 0.4) is 0 Å². The molecular formula is C21H23NO2. The van der Waals surface area contributed by atoms with E-state index < -0.39 is 0 Å². The van der Waals surface area contributed by atoms with Crippen LogP contribution in [-0.2, 0) is 4.74 Å². The van der Waals surface area contributed by atoms with Crippen LogP contribution < -0.4 is 5.32 Å². The largest absolute Gasteiger partial charge is 0.381 e. The Kier molecular flexibility index (Phi) is 3.89. The second-order valence-corrected chi connectivity index (χ2v) is 7.17. The number of amides is 1. The quantitative estimate of drug-likeness (QED) is 0.930. The van der Waals surface area contributed by atoms with Gasteiger partial charge in [0.15, 0.2) is 0 Å².